The minimum absolute atomic E-state index is 1.04. The molecule has 27 heavy (non-hydrogen) atoms. The molecule has 1 heteroatoms. The minimum Gasteiger partial charge on any atom is -0.261 e. The number of aromatic nitrogens is 1. The summed E-state index contributed by atoms with van der Waals surface area (Å²) in [5, 5.41) is 5.08. The first kappa shape index (κ1) is 15.8. The van der Waals surface area contributed by atoms with Crippen LogP contribution >= 0.6 is 0 Å². The van der Waals surface area contributed by atoms with Gasteiger partial charge >= 0.3 is 0 Å². The fourth-order valence-electron chi connectivity index (χ4n) is 3.97. The van der Waals surface area contributed by atoms with Gasteiger partial charge in [0.1, 0.15) is 0 Å². The van der Waals surface area contributed by atoms with Crippen LogP contribution in [-0.4, -0.2) is 4.98 Å². The van der Waals surface area contributed by atoms with E-state index in [1.807, 2.05) is 13.1 Å². The molecular formula is C26H19N. The zero-order valence-corrected chi connectivity index (χ0v) is 15.2. The zero-order valence-electron chi connectivity index (χ0n) is 15.2. The largest absolute Gasteiger partial charge is 0.261 e. The first-order valence-corrected chi connectivity index (χ1v) is 9.25. The van der Waals surface area contributed by atoms with Crippen LogP contribution in [0.4, 0.5) is 0 Å². The molecule has 0 atom stereocenters. The van der Waals surface area contributed by atoms with Crippen molar-refractivity contribution in [2.24, 2.45) is 0 Å². The van der Waals surface area contributed by atoms with Crippen molar-refractivity contribution >= 4 is 21.5 Å². The average Bonchev–Trinajstić information content (AvgIpc) is 2.73. The Morgan fingerprint density at radius 3 is 1.44 bits per heavy atom. The SMILES string of the molecule is Cc1ccc(-c2c3ccccc3c(-c3ccccc3)c3ccccc23)cn1. The van der Waals surface area contributed by atoms with Crippen LogP contribution in [0.15, 0.2) is 97.2 Å². The summed E-state index contributed by atoms with van der Waals surface area (Å²) in [6.07, 6.45) is 1.99. The van der Waals surface area contributed by atoms with Crippen LogP contribution in [0.1, 0.15) is 5.69 Å². The van der Waals surface area contributed by atoms with E-state index >= 15 is 0 Å². The van der Waals surface area contributed by atoms with E-state index in [0.29, 0.717) is 0 Å². The second-order valence-corrected chi connectivity index (χ2v) is 6.90. The fraction of sp³-hybridized carbons (Fsp3) is 0.0385. The third-order valence-electron chi connectivity index (χ3n) is 5.19. The maximum absolute atomic E-state index is 4.55. The third-order valence-corrected chi connectivity index (χ3v) is 5.19. The Balaban J connectivity index is 1.99. The molecule has 0 saturated heterocycles. The standard InChI is InChI=1S/C26H19N/c1-18-15-16-20(17-27-18)26-23-13-7-5-11-21(23)25(19-9-3-2-4-10-19)22-12-6-8-14-24(22)26/h2-17H,1H3. The fourth-order valence-corrected chi connectivity index (χ4v) is 3.97. The van der Waals surface area contributed by atoms with Gasteiger partial charge in [-0.3, -0.25) is 4.98 Å². The van der Waals surface area contributed by atoms with Crippen molar-refractivity contribution in [1.82, 2.24) is 4.98 Å². The summed E-state index contributed by atoms with van der Waals surface area (Å²) in [6, 6.07) is 32.4. The van der Waals surface area contributed by atoms with Gasteiger partial charge in [-0.25, -0.2) is 0 Å². The maximum atomic E-state index is 4.55. The highest BCUT2D eigenvalue weighted by atomic mass is 14.7. The van der Waals surface area contributed by atoms with Crippen molar-refractivity contribution in [3.8, 4) is 22.3 Å². The monoisotopic (exact) mass is 345 g/mol. The highest BCUT2D eigenvalue weighted by molar-refractivity contribution is 6.21. The lowest BCUT2D eigenvalue weighted by Crippen LogP contribution is -1.91. The van der Waals surface area contributed by atoms with Crippen LogP contribution in [-0.2, 0) is 0 Å². The van der Waals surface area contributed by atoms with Crippen LogP contribution < -0.4 is 0 Å². The molecule has 0 aliphatic rings. The van der Waals surface area contributed by atoms with E-state index < -0.39 is 0 Å². The molecule has 0 amide bonds. The van der Waals surface area contributed by atoms with Crippen molar-refractivity contribution < 1.29 is 0 Å². The summed E-state index contributed by atoms with van der Waals surface area (Å²) in [5.41, 5.74) is 6.00. The predicted molar refractivity (Wildman–Crippen MR) is 115 cm³/mol. The molecule has 1 heterocycles. The molecule has 0 unspecified atom stereocenters. The molecule has 5 rings (SSSR count). The van der Waals surface area contributed by atoms with E-state index in [9.17, 15) is 0 Å². The second kappa shape index (κ2) is 6.37. The highest BCUT2D eigenvalue weighted by Gasteiger charge is 2.15. The average molecular weight is 345 g/mol. The Morgan fingerprint density at radius 1 is 0.481 bits per heavy atom. The molecule has 0 spiro atoms. The smallest absolute Gasteiger partial charge is 0.0373 e. The molecule has 128 valence electrons. The van der Waals surface area contributed by atoms with Crippen LogP contribution in [0.3, 0.4) is 0 Å². The van der Waals surface area contributed by atoms with Gasteiger partial charge in [-0.15, -0.1) is 0 Å². The molecular weight excluding hydrogens is 326 g/mol. The predicted octanol–water partition coefficient (Wildman–Crippen LogP) is 7.03. The summed E-state index contributed by atoms with van der Waals surface area (Å²) < 4.78 is 0. The van der Waals surface area contributed by atoms with Gasteiger partial charge in [0, 0.05) is 17.5 Å². The van der Waals surface area contributed by atoms with Gasteiger partial charge in [-0.2, -0.15) is 0 Å². The van der Waals surface area contributed by atoms with Crippen LogP contribution in [0.5, 0.6) is 0 Å². The van der Waals surface area contributed by atoms with Gasteiger partial charge in [0.05, 0.1) is 0 Å². The van der Waals surface area contributed by atoms with Crippen LogP contribution in [0, 0.1) is 6.92 Å². The van der Waals surface area contributed by atoms with Gasteiger partial charge in [-0.1, -0.05) is 84.9 Å². The van der Waals surface area contributed by atoms with Crippen molar-refractivity contribution in [1.29, 1.82) is 0 Å². The van der Waals surface area contributed by atoms with Crippen molar-refractivity contribution in [3.05, 3.63) is 103 Å². The number of nitrogens with zero attached hydrogens (tertiary/aromatic N) is 1. The summed E-state index contributed by atoms with van der Waals surface area (Å²) in [4.78, 5) is 4.55. The Morgan fingerprint density at radius 2 is 0.963 bits per heavy atom. The molecule has 1 nitrogen and oxygen atoms in total. The van der Waals surface area contributed by atoms with Crippen LogP contribution in [0.2, 0.25) is 0 Å². The molecule has 0 fully saturated rings. The lowest BCUT2D eigenvalue weighted by Gasteiger charge is -2.17. The Kier molecular flexibility index (Phi) is 3.72. The molecule has 0 bridgehead atoms. The number of pyridine rings is 1. The maximum Gasteiger partial charge on any atom is 0.0373 e. The number of fused-ring (bicyclic) bond motifs is 2. The lowest BCUT2D eigenvalue weighted by molar-refractivity contribution is 1.20. The molecule has 0 aliphatic heterocycles. The summed E-state index contributed by atoms with van der Waals surface area (Å²) >= 11 is 0. The molecule has 0 radical (unpaired) electrons. The quantitative estimate of drug-likeness (QED) is 0.313. The zero-order chi connectivity index (χ0) is 18.2. The topological polar surface area (TPSA) is 12.9 Å². The molecule has 0 saturated carbocycles. The molecule has 0 N–H and O–H groups in total. The number of rotatable bonds is 2. The van der Waals surface area contributed by atoms with Crippen molar-refractivity contribution in [2.45, 2.75) is 6.92 Å². The van der Waals surface area contributed by atoms with Gasteiger partial charge in [0.2, 0.25) is 0 Å². The van der Waals surface area contributed by atoms with Crippen LogP contribution in [0.25, 0.3) is 43.8 Å². The second-order valence-electron chi connectivity index (χ2n) is 6.90. The van der Waals surface area contributed by atoms with E-state index in [2.05, 4.69) is 96.0 Å². The lowest BCUT2D eigenvalue weighted by atomic mass is 9.86. The molecule has 0 aliphatic carbocycles. The summed E-state index contributed by atoms with van der Waals surface area (Å²) in [5.74, 6) is 0. The Hall–Kier alpha value is -3.45. The van der Waals surface area contributed by atoms with E-state index in [-0.39, 0.29) is 0 Å². The minimum atomic E-state index is 1.04. The molecule has 5 aromatic rings. The van der Waals surface area contributed by atoms with Gasteiger partial charge < -0.3 is 0 Å². The van der Waals surface area contributed by atoms with E-state index in [1.54, 1.807) is 0 Å². The third kappa shape index (κ3) is 2.60. The van der Waals surface area contributed by atoms with Gasteiger partial charge in [0.25, 0.3) is 0 Å². The Bertz CT molecular complexity index is 1200. The number of hydrogen-bond donors (Lipinski definition) is 0. The Labute approximate surface area is 158 Å². The van der Waals surface area contributed by atoms with E-state index in [4.69, 9.17) is 0 Å². The molecule has 1 aromatic heterocycles. The molecule has 4 aromatic carbocycles. The summed E-state index contributed by atoms with van der Waals surface area (Å²) in [7, 11) is 0. The van der Waals surface area contributed by atoms with Gasteiger partial charge in [0.15, 0.2) is 0 Å². The summed E-state index contributed by atoms with van der Waals surface area (Å²) in [6.45, 7) is 2.03. The number of benzene rings is 4. The van der Waals surface area contributed by atoms with E-state index in [0.717, 1.165) is 11.3 Å². The van der Waals surface area contributed by atoms with Crippen molar-refractivity contribution in [2.75, 3.05) is 0 Å². The number of hydrogen-bond acceptors (Lipinski definition) is 1. The van der Waals surface area contributed by atoms with E-state index in [1.165, 1.54) is 38.2 Å². The first-order chi connectivity index (χ1) is 13.3. The number of aryl methyl sites for hydroxylation is 1. The highest BCUT2D eigenvalue weighted by Crippen LogP contribution is 2.43. The van der Waals surface area contributed by atoms with Crippen molar-refractivity contribution in [3.63, 3.8) is 0 Å². The first-order valence-electron chi connectivity index (χ1n) is 9.25. The normalized spacial score (nSPS) is 11.1. The van der Waals surface area contributed by atoms with Gasteiger partial charge in [-0.05, 0) is 51.2 Å².